The highest BCUT2D eigenvalue weighted by molar-refractivity contribution is 5.78. The number of carbonyl (C=O) groups is 1. The molecule has 0 bridgehead atoms. The van der Waals surface area contributed by atoms with E-state index in [1.54, 1.807) is 10.9 Å². The molecule has 1 aromatic rings. The van der Waals surface area contributed by atoms with E-state index in [-0.39, 0.29) is 11.9 Å². The molecule has 4 N–H and O–H groups in total. The van der Waals surface area contributed by atoms with E-state index in [0.717, 1.165) is 6.42 Å². The van der Waals surface area contributed by atoms with Gasteiger partial charge in [-0.15, -0.1) is 0 Å². The number of amides is 1. The van der Waals surface area contributed by atoms with Crippen molar-refractivity contribution in [1.29, 1.82) is 0 Å². The number of aryl methyl sites for hydroxylation is 1. The van der Waals surface area contributed by atoms with Crippen LogP contribution in [0, 0.1) is 0 Å². The van der Waals surface area contributed by atoms with Gasteiger partial charge in [-0.3, -0.25) is 9.48 Å². The predicted octanol–water partition coefficient (Wildman–Crippen LogP) is -0.307. The van der Waals surface area contributed by atoms with E-state index >= 15 is 0 Å². The summed E-state index contributed by atoms with van der Waals surface area (Å²) >= 11 is 0. The minimum absolute atomic E-state index is 0.121. The maximum atomic E-state index is 11.0. The van der Waals surface area contributed by atoms with Crippen molar-refractivity contribution in [2.24, 2.45) is 7.05 Å². The summed E-state index contributed by atoms with van der Waals surface area (Å²) in [6.45, 7) is 0.674. The Kier molecular flexibility index (Phi) is 2.49. The lowest BCUT2D eigenvalue weighted by Gasteiger charge is -2.10. The lowest BCUT2D eigenvalue weighted by Crippen LogP contribution is -2.32. The van der Waals surface area contributed by atoms with Crippen LogP contribution in [0.1, 0.15) is 12.8 Å². The summed E-state index contributed by atoms with van der Waals surface area (Å²) in [5.74, 6) is 0.800. The van der Waals surface area contributed by atoms with E-state index in [1.165, 1.54) is 0 Å². The summed E-state index contributed by atoms with van der Waals surface area (Å²) in [7, 11) is 1.82. The van der Waals surface area contributed by atoms with Crippen molar-refractivity contribution in [2.45, 2.75) is 18.9 Å². The van der Waals surface area contributed by atoms with Gasteiger partial charge in [0.15, 0.2) is 5.82 Å². The Morgan fingerprint density at radius 2 is 2.60 bits per heavy atom. The molecule has 1 atom stereocenters. The number of rotatable bonds is 3. The van der Waals surface area contributed by atoms with Gasteiger partial charge in [0, 0.05) is 32.3 Å². The highest BCUT2D eigenvalue weighted by Crippen LogP contribution is 2.15. The van der Waals surface area contributed by atoms with Crippen LogP contribution in [-0.2, 0) is 11.8 Å². The Balaban J connectivity index is 1.88. The Morgan fingerprint density at radius 1 is 1.80 bits per heavy atom. The van der Waals surface area contributed by atoms with Crippen LogP contribution in [0.15, 0.2) is 6.20 Å². The van der Waals surface area contributed by atoms with Gasteiger partial charge in [0.1, 0.15) is 0 Å². The van der Waals surface area contributed by atoms with E-state index in [2.05, 4.69) is 15.7 Å². The standard InChI is InChI=1S/C9H15N5O/c1-14-5-7(10)9(13-14)11-4-6-2-3-8(15)12-6/h5-6H,2-4,10H2,1H3,(H,11,13)(H,12,15). The molecule has 0 aliphatic carbocycles. The van der Waals surface area contributed by atoms with Crippen LogP contribution >= 0.6 is 0 Å². The van der Waals surface area contributed by atoms with Gasteiger partial charge in [-0.25, -0.2) is 0 Å². The molecular weight excluding hydrogens is 194 g/mol. The summed E-state index contributed by atoms with van der Waals surface area (Å²) in [6.07, 6.45) is 3.23. The van der Waals surface area contributed by atoms with Gasteiger partial charge in [0.05, 0.1) is 5.69 Å². The van der Waals surface area contributed by atoms with Crippen LogP contribution in [0.2, 0.25) is 0 Å². The lowest BCUT2D eigenvalue weighted by molar-refractivity contribution is -0.119. The van der Waals surface area contributed by atoms with Gasteiger partial charge in [0.25, 0.3) is 0 Å². The molecular formula is C9H15N5O. The largest absolute Gasteiger partial charge is 0.394 e. The maximum absolute atomic E-state index is 11.0. The first kappa shape index (κ1) is 9.82. The van der Waals surface area contributed by atoms with Gasteiger partial charge in [0.2, 0.25) is 5.91 Å². The molecule has 0 radical (unpaired) electrons. The van der Waals surface area contributed by atoms with E-state index in [0.29, 0.717) is 24.5 Å². The second-order valence-corrected chi connectivity index (χ2v) is 3.79. The molecule has 0 saturated carbocycles. The quantitative estimate of drug-likeness (QED) is 0.637. The zero-order valence-corrected chi connectivity index (χ0v) is 8.66. The van der Waals surface area contributed by atoms with Gasteiger partial charge in [-0.05, 0) is 6.42 Å². The normalized spacial score (nSPS) is 20.3. The van der Waals surface area contributed by atoms with Crippen molar-refractivity contribution in [3.05, 3.63) is 6.20 Å². The molecule has 1 aliphatic heterocycles. The fraction of sp³-hybridized carbons (Fsp3) is 0.556. The fourth-order valence-electron chi connectivity index (χ4n) is 1.69. The first-order valence-electron chi connectivity index (χ1n) is 4.97. The van der Waals surface area contributed by atoms with Crippen LogP contribution < -0.4 is 16.4 Å². The molecule has 2 rings (SSSR count). The average Bonchev–Trinajstić information content (AvgIpc) is 2.70. The van der Waals surface area contributed by atoms with Crippen molar-refractivity contribution >= 4 is 17.4 Å². The molecule has 1 fully saturated rings. The molecule has 0 spiro atoms. The highest BCUT2D eigenvalue weighted by atomic mass is 16.1. The summed E-state index contributed by atoms with van der Waals surface area (Å²) in [5.41, 5.74) is 6.35. The monoisotopic (exact) mass is 209 g/mol. The van der Waals surface area contributed by atoms with Gasteiger partial charge >= 0.3 is 0 Å². The number of anilines is 2. The molecule has 6 heteroatoms. The van der Waals surface area contributed by atoms with Crippen LogP contribution in [-0.4, -0.2) is 28.3 Å². The Labute approximate surface area is 87.8 Å². The van der Waals surface area contributed by atoms with Crippen LogP contribution in [0.25, 0.3) is 0 Å². The number of nitrogens with zero attached hydrogens (tertiary/aromatic N) is 2. The molecule has 1 aromatic heterocycles. The maximum Gasteiger partial charge on any atom is 0.220 e. The zero-order valence-electron chi connectivity index (χ0n) is 8.66. The molecule has 82 valence electrons. The second kappa shape index (κ2) is 3.80. The van der Waals surface area contributed by atoms with Gasteiger partial charge < -0.3 is 16.4 Å². The zero-order chi connectivity index (χ0) is 10.8. The van der Waals surface area contributed by atoms with Crippen molar-refractivity contribution in [2.75, 3.05) is 17.6 Å². The smallest absolute Gasteiger partial charge is 0.220 e. The number of hydrogen-bond donors (Lipinski definition) is 3. The molecule has 1 aliphatic rings. The summed E-state index contributed by atoms with van der Waals surface area (Å²) in [5, 5.41) is 10.2. The summed E-state index contributed by atoms with van der Waals surface area (Å²) in [6, 6.07) is 0.193. The Bertz CT molecular complexity index is 373. The number of hydrogen-bond acceptors (Lipinski definition) is 4. The molecule has 15 heavy (non-hydrogen) atoms. The Hall–Kier alpha value is -1.72. The molecule has 0 aromatic carbocycles. The van der Waals surface area contributed by atoms with Gasteiger partial charge in [-0.1, -0.05) is 0 Å². The third-order valence-corrected chi connectivity index (χ3v) is 2.46. The van der Waals surface area contributed by atoms with Crippen molar-refractivity contribution in [1.82, 2.24) is 15.1 Å². The lowest BCUT2D eigenvalue weighted by atomic mass is 10.2. The van der Waals surface area contributed by atoms with Gasteiger partial charge in [-0.2, -0.15) is 5.10 Å². The minimum Gasteiger partial charge on any atom is -0.394 e. The number of carbonyl (C=O) groups excluding carboxylic acids is 1. The van der Waals surface area contributed by atoms with Crippen molar-refractivity contribution in [3.8, 4) is 0 Å². The van der Waals surface area contributed by atoms with Crippen molar-refractivity contribution < 1.29 is 4.79 Å². The van der Waals surface area contributed by atoms with E-state index in [1.807, 2.05) is 7.05 Å². The number of nitrogens with one attached hydrogen (secondary N) is 2. The van der Waals surface area contributed by atoms with E-state index in [9.17, 15) is 4.79 Å². The molecule has 2 heterocycles. The average molecular weight is 209 g/mol. The highest BCUT2D eigenvalue weighted by Gasteiger charge is 2.20. The number of nitrogen functional groups attached to an aromatic ring is 1. The fourth-order valence-corrected chi connectivity index (χ4v) is 1.69. The number of aromatic nitrogens is 2. The molecule has 1 saturated heterocycles. The predicted molar refractivity (Wildman–Crippen MR) is 57.3 cm³/mol. The third kappa shape index (κ3) is 2.20. The Morgan fingerprint density at radius 3 is 3.13 bits per heavy atom. The van der Waals surface area contributed by atoms with Crippen LogP contribution in [0.4, 0.5) is 11.5 Å². The minimum atomic E-state index is 0.121. The summed E-state index contributed by atoms with van der Waals surface area (Å²) in [4.78, 5) is 11.0. The summed E-state index contributed by atoms with van der Waals surface area (Å²) < 4.78 is 1.66. The first-order chi connectivity index (χ1) is 7.15. The number of nitrogens with two attached hydrogens (primary N) is 1. The van der Waals surface area contributed by atoms with Crippen molar-refractivity contribution in [3.63, 3.8) is 0 Å². The SMILES string of the molecule is Cn1cc(N)c(NCC2CCC(=O)N2)n1. The molecule has 1 amide bonds. The molecule has 6 nitrogen and oxygen atoms in total. The second-order valence-electron chi connectivity index (χ2n) is 3.79. The topological polar surface area (TPSA) is 85.0 Å². The van der Waals surface area contributed by atoms with Crippen LogP contribution in [0.3, 0.4) is 0 Å². The first-order valence-corrected chi connectivity index (χ1v) is 4.97. The van der Waals surface area contributed by atoms with E-state index < -0.39 is 0 Å². The molecule has 1 unspecified atom stereocenters. The third-order valence-electron chi connectivity index (χ3n) is 2.46. The van der Waals surface area contributed by atoms with Crippen LogP contribution in [0.5, 0.6) is 0 Å². The van der Waals surface area contributed by atoms with E-state index in [4.69, 9.17) is 5.73 Å².